The predicted molar refractivity (Wildman–Crippen MR) is 102 cm³/mol. The van der Waals surface area contributed by atoms with E-state index in [4.69, 9.17) is 4.74 Å². The molecule has 1 amide bonds. The van der Waals surface area contributed by atoms with Crippen molar-refractivity contribution < 1.29 is 14.3 Å². The van der Waals surface area contributed by atoms with Crippen molar-refractivity contribution in [1.29, 1.82) is 0 Å². The second kappa shape index (κ2) is 8.17. The van der Waals surface area contributed by atoms with E-state index in [2.05, 4.69) is 26.0 Å². The Morgan fingerprint density at radius 2 is 1.50 bits per heavy atom. The molecule has 0 atom stereocenters. The first-order chi connectivity index (χ1) is 12.6. The van der Waals surface area contributed by atoms with Crippen molar-refractivity contribution in [2.24, 2.45) is 5.92 Å². The van der Waals surface area contributed by atoms with Crippen LogP contribution in [0.2, 0.25) is 0 Å². The van der Waals surface area contributed by atoms with Gasteiger partial charge in [0.1, 0.15) is 0 Å². The van der Waals surface area contributed by atoms with Gasteiger partial charge in [0, 0.05) is 6.42 Å². The summed E-state index contributed by atoms with van der Waals surface area (Å²) in [4.78, 5) is 26.6. The lowest BCUT2D eigenvalue weighted by Gasteiger charge is -2.24. The molecule has 26 heavy (non-hydrogen) atoms. The molecule has 0 unspecified atom stereocenters. The molecule has 1 aliphatic heterocycles. The Labute approximate surface area is 154 Å². The van der Waals surface area contributed by atoms with Gasteiger partial charge in [0.2, 0.25) is 0 Å². The van der Waals surface area contributed by atoms with Crippen LogP contribution in [0.3, 0.4) is 0 Å². The summed E-state index contributed by atoms with van der Waals surface area (Å²) in [6.45, 7) is 3.88. The van der Waals surface area contributed by atoms with E-state index in [9.17, 15) is 9.59 Å². The third-order valence-electron chi connectivity index (χ3n) is 4.66. The topological polar surface area (TPSA) is 46.6 Å². The quantitative estimate of drug-likeness (QED) is 0.749. The van der Waals surface area contributed by atoms with Crippen LogP contribution in [0.25, 0.3) is 0 Å². The van der Waals surface area contributed by atoms with Crippen LogP contribution in [0.4, 0.5) is 11.4 Å². The molecule has 0 radical (unpaired) electrons. The van der Waals surface area contributed by atoms with Gasteiger partial charge in [-0.2, -0.15) is 0 Å². The summed E-state index contributed by atoms with van der Waals surface area (Å²) in [7, 11) is 0. The minimum absolute atomic E-state index is 0.218. The molecular weight excluding hydrogens is 326 g/mol. The number of hydrogen-bond acceptors (Lipinski definition) is 3. The van der Waals surface area contributed by atoms with E-state index in [-0.39, 0.29) is 18.5 Å². The number of nitrogens with zero attached hydrogens (tertiary/aromatic N) is 1. The Balaban J connectivity index is 1.81. The maximum absolute atomic E-state index is 13.0. The fraction of sp³-hybridized carbons (Fsp3) is 0.364. The van der Waals surface area contributed by atoms with Gasteiger partial charge in [0.05, 0.1) is 11.4 Å². The van der Waals surface area contributed by atoms with Crippen molar-refractivity contribution >= 4 is 23.3 Å². The average molecular weight is 351 g/mol. The monoisotopic (exact) mass is 351 g/mol. The van der Waals surface area contributed by atoms with Crippen molar-refractivity contribution in [2.45, 2.75) is 39.5 Å². The van der Waals surface area contributed by atoms with Gasteiger partial charge < -0.3 is 4.74 Å². The highest BCUT2D eigenvalue weighted by molar-refractivity contribution is 6.03. The van der Waals surface area contributed by atoms with Crippen molar-refractivity contribution in [3.05, 3.63) is 59.7 Å². The molecule has 0 bridgehead atoms. The number of rotatable bonds is 5. The van der Waals surface area contributed by atoms with Crippen LogP contribution in [0.15, 0.2) is 48.5 Å². The summed E-state index contributed by atoms with van der Waals surface area (Å²) in [6, 6.07) is 15.9. The van der Waals surface area contributed by atoms with E-state index < -0.39 is 0 Å². The fourth-order valence-corrected chi connectivity index (χ4v) is 3.23. The zero-order valence-corrected chi connectivity index (χ0v) is 15.4. The molecule has 0 saturated carbocycles. The van der Waals surface area contributed by atoms with Crippen LogP contribution in [0.5, 0.6) is 0 Å². The first-order valence-electron chi connectivity index (χ1n) is 9.20. The number of esters is 1. The van der Waals surface area contributed by atoms with E-state index in [0.29, 0.717) is 12.3 Å². The van der Waals surface area contributed by atoms with Crippen LogP contribution in [0, 0.1) is 5.92 Å². The molecule has 0 aliphatic carbocycles. The molecule has 2 aromatic rings. The number of anilines is 2. The van der Waals surface area contributed by atoms with Crippen LogP contribution in [0.1, 0.15) is 37.8 Å². The summed E-state index contributed by atoms with van der Waals surface area (Å²) in [5.74, 6) is -0.101. The highest BCUT2D eigenvalue weighted by Crippen LogP contribution is 2.35. The Bertz CT molecular complexity index is 750. The van der Waals surface area contributed by atoms with Crippen LogP contribution >= 0.6 is 0 Å². The zero-order chi connectivity index (χ0) is 18.5. The van der Waals surface area contributed by atoms with Gasteiger partial charge in [-0.1, -0.05) is 50.2 Å². The lowest BCUT2D eigenvalue weighted by molar-refractivity contribution is -0.147. The van der Waals surface area contributed by atoms with E-state index >= 15 is 0 Å². The number of ether oxygens (including phenoxy) is 1. The van der Waals surface area contributed by atoms with Gasteiger partial charge in [-0.05, 0) is 48.4 Å². The van der Waals surface area contributed by atoms with Gasteiger partial charge >= 0.3 is 5.97 Å². The second-order valence-corrected chi connectivity index (χ2v) is 7.08. The van der Waals surface area contributed by atoms with Gasteiger partial charge in [0.25, 0.3) is 5.91 Å². The van der Waals surface area contributed by atoms with E-state index in [1.54, 1.807) is 4.90 Å². The Morgan fingerprint density at radius 1 is 0.962 bits per heavy atom. The minimum Gasteiger partial charge on any atom is -0.456 e. The minimum atomic E-state index is -0.316. The predicted octanol–water partition coefficient (Wildman–Crippen LogP) is 4.43. The van der Waals surface area contributed by atoms with Gasteiger partial charge in [-0.3, -0.25) is 14.5 Å². The Hall–Kier alpha value is -2.62. The maximum Gasteiger partial charge on any atom is 0.306 e. The van der Waals surface area contributed by atoms with Crippen molar-refractivity contribution in [3.63, 3.8) is 0 Å². The van der Waals surface area contributed by atoms with E-state index in [1.165, 1.54) is 0 Å². The van der Waals surface area contributed by atoms with Crippen LogP contribution in [-0.2, 0) is 27.2 Å². The summed E-state index contributed by atoms with van der Waals surface area (Å²) >= 11 is 0. The Kier molecular flexibility index (Phi) is 5.71. The van der Waals surface area contributed by atoms with E-state index in [0.717, 1.165) is 41.8 Å². The molecule has 4 nitrogen and oxygen atoms in total. The normalized spacial score (nSPS) is 13.0. The number of carbonyl (C=O) groups excluding carboxylic acids is 2. The molecule has 4 heteroatoms. The molecule has 0 aromatic heterocycles. The van der Waals surface area contributed by atoms with Crippen LogP contribution in [-0.4, -0.2) is 18.5 Å². The number of carbonyl (C=O) groups is 2. The molecule has 0 saturated heterocycles. The summed E-state index contributed by atoms with van der Waals surface area (Å²) in [6.07, 6.45) is 2.87. The first kappa shape index (κ1) is 18.2. The lowest BCUT2D eigenvalue weighted by Crippen LogP contribution is -2.31. The van der Waals surface area contributed by atoms with Gasteiger partial charge in [-0.15, -0.1) is 0 Å². The second-order valence-electron chi connectivity index (χ2n) is 7.08. The number of hydrogen-bond donors (Lipinski definition) is 0. The molecule has 0 fully saturated rings. The number of benzene rings is 2. The molecule has 2 aromatic carbocycles. The molecular formula is C22H25NO3. The first-order valence-corrected chi connectivity index (χ1v) is 9.20. The number of aryl methyl sites for hydroxylation is 2. The largest absolute Gasteiger partial charge is 0.456 e. The number of amides is 1. The number of fused-ring (bicyclic) bond motifs is 2. The molecule has 3 rings (SSSR count). The van der Waals surface area contributed by atoms with Gasteiger partial charge in [0.15, 0.2) is 6.61 Å². The molecule has 0 spiro atoms. The van der Waals surface area contributed by atoms with E-state index in [1.807, 2.05) is 36.4 Å². The third kappa shape index (κ3) is 4.13. The third-order valence-corrected chi connectivity index (χ3v) is 4.66. The summed E-state index contributed by atoms with van der Waals surface area (Å²) in [5, 5.41) is 0. The average Bonchev–Trinajstić information content (AvgIpc) is 2.81. The maximum atomic E-state index is 13.0. The molecule has 1 heterocycles. The standard InChI is InChI=1S/C22H25NO3/c1-16(2)11-14-22(25)26-15-21(24)23-19-9-5-3-7-17(19)12-13-18-8-4-6-10-20(18)23/h3-10,16H,11-15H2,1-2H3. The summed E-state index contributed by atoms with van der Waals surface area (Å²) < 4.78 is 5.25. The lowest BCUT2D eigenvalue weighted by atomic mass is 10.0. The Morgan fingerprint density at radius 3 is 2.04 bits per heavy atom. The van der Waals surface area contributed by atoms with Gasteiger partial charge in [-0.25, -0.2) is 0 Å². The van der Waals surface area contributed by atoms with Crippen molar-refractivity contribution in [3.8, 4) is 0 Å². The van der Waals surface area contributed by atoms with Crippen LogP contribution < -0.4 is 4.90 Å². The smallest absolute Gasteiger partial charge is 0.306 e. The molecule has 136 valence electrons. The molecule has 0 N–H and O–H groups in total. The van der Waals surface area contributed by atoms with Crippen molar-refractivity contribution in [1.82, 2.24) is 0 Å². The molecule has 1 aliphatic rings. The van der Waals surface area contributed by atoms with Crippen molar-refractivity contribution in [2.75, 3.05) is 11.5 Å². The zero-order valence-electron chi connectivity index (χ0n) is 15.4. The fourth-order valence-electron chi connectivity index (χ4n) is 3.23. The SMILES string of the molecule is CC(C)CCC(=O)OCC(=O)N1c2ccccc2CCc2ccccc21. The number of para-hydroxylation sites is 2. The highest BCUT2D eigenvalue weighted by Gasteiger charge is 2.26. The highest BCUT2D eigenvalue weighted by atomic mass is 16.5. The summed E-state index contributed by atoms with van der Waals surface area (Å²) in [5.41, 5.74) is 4.01.